The van der Waals surface area contributed by atoms with Crippen molar-refractivity contribution in [2.24, 2.45) is 0 Å². The Balaban J connectivity index is 1.57. The molecule has 0 saturated carbocycles. The molecule has 2 atom stereocenters. The molecule has 4 amide bonds. The maximum absolute atomic E-state index is 12.8. The van der Waals surface area contributed by atoms with Crippen LogP contribution in [0.5, 0.6) is 0 Å². The van der Waals surface area contributed by atoms with Gasteiger partial charge in [0.05, 0.1) is 0 Å². The summed E-state index contributed by atoms with van der Waals surface area (Å²) >= 11 is 0. The van der Waals surface area contributed by atoms with Crippen LogP contribution in [0.4, 0.5) is 4.79 Å². The van der Waals surface area contributed by atoms with Gasteiger partial charge in [-0.15, -0.1) is 0 Å². The Morgan fingerprint density at radius 3 is 2.61 bits per heavy atom. The van der Waals surface area contributed by atoms with Gasteiger partial charge in [-0.1, -0.05) is 30.3 Å². The van der Waals surface area contributed by atoms with Crippen LogP contribution in [0.2, 0.25) is 0 Å². The van der Waals surface area contributed by atoms with Gasteiger partial charge in [0.2, 0.25) is 0 Å². The first kappa shape index (κ1) is 19.9. The number of imide groups is 1. The van der Waals surface area contributed by atoms with Gasteiger partial charge in [0.15, 0.2) is 6.61 Å². The van der Waals surface area contributed by atoms with Crippen molar-refractivity contribution in [2.75, 3.05) is 19.7 Å². The normalized spacial score (nSPS) is 24.9. The van der Waals surface area contributed by atoms with Gasteiger partial charge in [0.25, 0.3) is 11.8 Å². The number of nitrogens with one attached hydrogen (secondary N) is 1. The van der Waals surface area contributed by atoms with E-state index in [0.29, 0.717) is 12.1 Å². The average molecular weight is 387 g/mol. The number of nitrogens with zero attached hydrogens (tertiary/aromatic N) is 2. The van der Waals surface area contributed by atoms with Gasteiger partial charge in [-0.25, -0.2) is 4.79 Å². The molecule has 8 heteroatoms. The molecule has 8 nitrogen and oxygen atoms in total. The van der Waals surface area contributed by atoms with Crippen molar-refractivity contribution >= 4 is 23.8 Å². The van der Waals surface area contributed by atoms with Gasteiger partial charge in [-0.05, 0) is 38.7 Å². The standard InChI is InChI=1S/C20H25N3O5/c1-14-8-6-7-11-22(14)16(24)13-28-17(25)12-23-18(26)20(2,21-19(23)27)15-9-4-3-5-10-15/h3-5,9-10,14H,6-8,11-13H2,1-2H3,(H,21,27)/t14-,20+/m0/s1. The summed E-state index contributed by atoms with van der Waals surface area (Å²) < 4.78 is 5.03. The smallest absolute Gasteiger partial charge is 0.326 e. The third-order valence-corrected chi connectivity index (χ3v) is 5.39. The molecule has 2 aliphatic rings. The first-order valence-corrected chi connectivity index (χ1v) is 9.47. The molecule has 1 aromatic rings. The predicted octanol–water partition coefficient (Wildman–Crippen LogP) is 1.40. The number of carbonyl (C=O) groups excluding carboxylic acids is 4. The number of piperidine rings is 1. The van der Waals surface area contributed by atoms with E-state index in [9.17, 15) is 19.2 Å². The van der Waals surface area contributed by atoms with Crippen molar-refractivity contribution in [3.8, 4) is 0 Å². The number of esters is 1. The first-order chi connectivity index (χ1) is 13.3. The van der Waals surface area contributed by atoms with Crippen LogP contribution >= 0.6 is 0 Å². The van der Waals surface area contributed by atoms with E-state index in [1.807, 2.05) is 13.0 Å². The lowest BCUT2D eigenvalue weighted by Crippen LogP contribution is -2.45. The lowest BCUT2D eigenvalue weighted by molar-refractivity contribution is -0.155. The summed E-state index contributed by atoms with van der Waals surface area (Å²) in [5, 5.41) is 2.63. The fourth-order valence-corrected chi connectivity index (χ4v) is 3.68. The average Bonchev–Trinajstić information content (AvgIpc) is 2.91. The molecule has 0 bridgehead atoms. The minimum Gasteiger partial charge on any atom is -0.454 e. The van der Waals surface area contributed by atoms with E-state index in [4.69, 9.17) is 4.74 Å². The molecule has 150 valence electrons. The largest absolute Gasteiger partial charge is 0.454 e. The fraction of sp³-hybridized carbons (Fsp3) is 0.500. The van der Waals surface area contributed by atoms with Gasteiger partial charge < -0.3 is 15.0 Å². The fourth-order valence-electron chi connectivity index (χ4n) is 3.68. The summed E-state index contributed by atoms with van der Waals surface area (Å²) in [5.74, 6) is -1.58. The van der Waals surface area contributed by atoms with Crippen LogP contribution < -0.4 is 5.32 Å². The predicted molar refractivity (Wildman–Crippen MR) is 100 cm³/mol. The minimum absolute atomic E-state index is 0.123. The highest BCUT2D eigenvalue weighted by molar-refractivity contribution is 6.08. The number of amides is 4. The van der Waals surface area contributed by atoms with E-state index < -0.39 is 30.0 Å². The molecule has 0 radical (unpaired) electrons. The number of benzene rings is 1. The van der Waals surface area contributed by atoms with E-state index in [-0.39, 0.29) is 18.6 Å². The highest BCUT2D eigenvalue weighted by Crippen LogP contribution is 2.28. The molecule has 3 rings (SSSR count). The number of ether oxygens (including phenoxy) is 1. The van der Waals surface area contributed by atoms with Crippen LogP contribution in [0.25, 0.3) is 0 Å². The molecule has 0 aliphatic carbocycles. The number of urea groups is 1. The van der Waals surface area contributed by atoms with E-state index in [1.165, 1.54) is 0 Å². The molecule has 2 aliphatic heterocycles. The molecular weight excluding hydrogens is 362 g/mol. The monoisotopic (exact) mass is 387 g/mol. The Morgan fingerprint density at radius 1 is 1.21 bits per heavy atom. The number of carbonyl (C=O) groups is 4. The molecule has 1 N–H and O–H groups in total. The molecule has 0 spiro atoms. The Hall–Kier alpha value is -2.90. The zero-order valence-corrected chi connectivity index (χ0v) is 16.1. The maximum atomic E-state index is 12.8. The minimum atomic E-state index is -1.24. The molecule has 1 aromatic carbocycles. The van der Waals surface area contributed by atoms with E-state index in [2.05, 4.69) is 5.32 Å². The van der Waals surface area contributed by atoms with Crippen molar-refractivity contribution in [1.82, 2.24) is 15.1 Å². The quantitative estimate of drug-likeness (QED) is 0.609. The lowest BCUT2D eigenvalue weighted by atomic mass is 9.92. The molecule has 28 heavy (non-hydrogen) atoms. The van der Waals surface area contributed by atoms with Gasteiger partial charge in [0.1, 0.15) is 12.1 Å². The molecular formula is C20H25N3O5. The summed E-state index contributed by atoms with van der Waals surface area (Å²) in [4.78, 5) is 51.9. The molecule has 2 fully saturated rings. The Labute approximate surface area is 163 Å². The number of rotatable bonds is 5. The van der Waals surface area contributed by atoms with Crippen molar-refractivity contribution in [3.63, 3.8) is 0 Å². The summed E-state index contributed by atoms with van der Waals surface area (Å²) in [6.07, 6.45) is 2.95. The van der Waals surface area contributed by atoms with Crippen LogP contribution in [0.15, 0.2) is 30.3 Å². The Bertz CT molecular complexity index is 781. The van der Waals surface area contributed by atoms with Gasteiger partial charge in [-0.3, -0.25) is 19.3 Å². The van der Waals surface area contributed by atoms with E-state index in [0.717, 1.165) is 24.2 Å². The van der Waals surface area contributed by atoms with Crippen LogP contribution in [-0.4, -0.2) is 59.4 Å². The SMILES string of the molecule is C[C@H]1CCCCN1C(=O)COC(=O)CN1C(=O)N[C@](C)(c2ccccc2)C1=O. The first-order valence-electron chi connectivity index (χ1n) is 9.47. The van der Waals surface area contributed by atoms with Gasteiger partial charge in [-0.2, -0.15) is 0 Å². The maximum Gasteiger partial charge on any atom is 0.326 e. The van der Waals surface area contributed by atoms with Crippen molar-refractivity contribution in [3.05, 3.63) is 35.9 Å². The summed E-state index contributed by atoms with van der Waals surface area (Å²) in [6.45, 7) is 3.30. The molecule has 2 saturated heterocycles. The summed E-state index contributed by atoms with van der Waals surface area (Å²) in [7, 11) is 0. The number of hydrogen-bond donors (Lipinski definition) is 1. The van der Waals surface area contributed by atoms with Crippen molar-refractivity contribution < 1.29 is 23.9 Å². The van der Waals surface area contributed by atoms with Gasteiger partial charge >= 0.3 is 12.0 Å². The summed E-state index contributed by atoms with van der Waals surface area (Å²) in [5.41, 5.74) is -0.615. The highest BCUT2D eigenvalue weighted by atomic mass is 16.5. The number of hydrogen-bond acceptors (Lipinski definition) is 5. The lowest BCUT2D eigenvalue weighted by Gasteiger charge is -2.33. The zero-order valence-electron chi connectivity index (χ0n) is 16.1. The van der Waals surface area contributed by atoms with E-state index in [1.54, 1.807) is 36.1 Å². The van der Waals surface area contributed by atoms with Crippen LogP contribution in [-0.2, 0) is 24.7 Å². The van der Waals surface area contributed by atoms with E-state index >= 15 is 0 Å². The van der Waals surface area contributed by atoms with Crippen LogP contribution in [0, 0.1) is 0 Å². The molecule has 0 unspecified atom stereocenters. The highest BCUT2D eigenvalue weighted by Gasteiger charge is 2.49. The number of likely N-dealkylation sites (tertiary alicyclic amines) is 1. The van der Waals surface area contributed by atoms with Gasteiger partial charge in [0, 0.05) is 12.6 Å². The third-order valence-electron chi connectivity index (χ3n) is 5.39. The molecule has 0 aromatic heterocycles. The molecule has 2 heterocycles. The second-order valence-corrected chi connectivity index (χ2v) is 7.41. The second-order valence-electron chi connectivity index (χ2n) is 7.41. The Morgan fingerprint density at radius 2 is 1.93 bits per heavy atom. The Kier molecular flexibility index (Phi) is 5.67. The van der Waals surface area contributed by atoms with Crippen LogP contribution in [0.1, 0.15) is 38.7 Å². The topological polar surface area (TPSA) is 96.0 Å². The zero-order chi connectivity index (χ0) is 20.3. The third kappa shape index (κ3) is 3.85. The second kappa shape index (κ2) is 8.00. The van der Waals surface area contributed by atoms with Crippen molar-refractivity contribution in [2.45, 2.75) is 44.7 Å². The van der Waals surface area contributed by atoms with Crippen LogP contribution in [0.3, 0.4) is 0 Å². The van der Waals surface area contributed by atoms with Crippen molar-refractivity contribution in [1.29, 1.82) is 0 Å². The summed E-state index contributed by atoms with van der Waals surface area (Å²) in [6, 6.07) is 8.27.